The van der Waals surface area contributed by atoms with E-state index in [0.29, 0.717) is 25.7 Å². The molecule has 1 rings (SSSR count). The lowest BCUT2D eigenvalue weighted by atomic mass is 9.54. The van der Waals surface area contributed by atoms with E-state index in [2.05, 4.69) is 6.92 Å². The van der Waals surface area contributed by atoms with Crippen molar-refractivity contribution in [2.75, 3.05) is 0 Å². The number of hydrogen-bond donors (Lipinski definition) is 2. The third-order valence-electron chi connectivity index (χ3n) is 6.50. The average Bonchev–Trinajstić information content (AvgIpc) is 2.65. The normalized spacial score (nSPS) is 24.8. The zero-order chi connectivity index (χ0) is 20.2. The molecule has 4 nitrogen and oxygen atoms in total. The molecule has 0 aromatic carbocycles. The molecule has 2 atom stereocenters. The Hall–Kier alpha value is -1.32. The second kappa shape index (κ2) is 12.2. The van der Waals surface area contributed by atoms with Crippen LogP contribution < -0.4 is 0 Å². The monoisotopic (exact) mass is 380 g/mol. The molecular formula is C23H40O4. The molecule has 2 unspecified atom stereocenters. The van der Waals surface area contributed by atoms with Crippen LogP contribution in [0.4, 0.5) is 0 Å². The molecule has 0 amide bonds. The summed E-state index contributed by atoms with van der Waals surface area (Å²) in [7, 11) is 0. The van der Waals surface area contributed by atoms with Crippen molar-refractivity contribution in [3.8, 4) is 0 Å². The summed E-state index contributed by atoms with van der Waals surface area (Å²) in [5.41, 5.74) is -2.33. The van der Waals surface area contributed by atoms with Crippen LogP contribution in [0.5, 0.6) is 0 Å². The van der Waals surface area contributed by atoms with Crippen LogP contribution in [0.25, 0.3) is 0 Å². The first-order valence-corrected chi connectivity index (χ1v) is 11.1. The Bertz CT molecular complexity index is 485. The van der Waals surface area contributed by atoms with Crippen molar-refractivity contribution in [1.82, 2.24) is 0 Å². The maximum atomic E-state index is 12.3. The maximum absolute atomic E-state index is 12.3. The topological polar surface area (TPSA) is 74.6 Å². The van der Waals surface area contributed by atoms with Gasteiger partial charge in [-0.15, -0.1) is 0 Å². The third kappa shape index (κ3) is 6.08. The highest BCUT2D eigenvalue weighted by molar-refractivity contribution is 5.87. The minimum atomic E-state index is -1.16. The number of hydrogen-bond acceptors (Lipinski definition) is 2. The molecule has 0 saturated carbocycles. The van der Waals surface area contributed by atoms with E-state index in [1.165, 1.54) is 38.5 Å². The summed E-state index contributed by atoms with van der Waals surface area (Å²) < 4.78 is 0. The summed E-state index contributed by atoms with van der Waals surface area (Å²) in [5.74, 6) is -1.86. The Labute approximate surface area is 165 Å². The fraction of sp³-hybridized carbons (Fsp3) is 0.826. The summed E-state index contributed by atoms with van der Waals surface area (Å²) in [4.78, 5) is 24.6. The molecule has 2 N–H and O–H groups in total. The van der Waals surface area contributed by atoms with Gasteiger partial charge in [0.2, 0.25) is 0 Å². The van der Waals surface area contributed by atoms with Gasteiger partial charge in [0.1, 0.15) is 0 Å². The van der Waals surface area contributed by atoms with Crippen molar-refractivity contribution in [1.29, 1.82) is 0 Å². The van der Waals surface area contributed by atoms with Crippen molar-refractivity contribution in [2.24, 2.45) is 10.8 Å². The zero-order valence-electron chi connectivity index (χ0n) is 17.5. The number of carboxylic acids is 2. The number of carbonyl (C=O) groups is 2. The summed E-state index contributed by atoms with van der Waals surface area (Å²) in [6, 6.07) is 0. The van der Waals surface area contributed by atoms with E-state index in [-0.39, 0.29) is 0 Å². The number of carboxylic acid groups (broad SMARTS) is 2. The molecule has 4 heteroatoms. The average molecular weight is 381 g/mol. The van der Waals surface area contributed by atoms with Gasteiger partial charge in [-0.05, 0) is 25.7 Å². The number of unbranched alkanes of at least 4 members (excludes halogenated alkanes) is 9. The second-order valence-electron chi connectivity index (χ2n) is 8.34. The van der Waals surface area contributed by atoms with E-state index >= 15 is 0 Å². The predicted octanol–water partition coefficient (Wildman–Crippen LogP) is 6.59. The van der Waals surface area contributed by atoms with Crippen LogP contribution in [0.1, 0.15) is 110 Å². The van der Waals surface area contributed by atoms with Gasteiger partial charge in [-0.25, -0.2) is 0 Å². The Morgan fingerprint density at radius 3 is 1.44 bits per heavy atom. The van der Waals surface area contributed by atoms with Crippen LogP contribution in [0.15, 0.2) is 12.2 Å². The van der Waals surface area contributed by atoms with Crippen molar-refractivity contribution in [2.45, 2.75) is 110 Å². The Balaban J connectivity index is 2.68. The highest BCUT2D eigenvalue weighted by atomic mass is 16.4. The van der Waals surface area contributed by atoms with Crippen LogP contribution in [0, 0.1) is 10.8 Å². The fourth-order valence-electron chi connectivity index (χ4n) is 4.66. The molecule has 0 spiro atoms. The molecular weight excluding hydrogens is 340 g/mol. The zero-order valence-corrected chi connectivity index (χ0v) is 17.5. The first-order chi connectivity index (χ1) is 13.0. The van der Waals surface area contributed by atoms with Crippen LogP contribution in [0.2, 0.25) is 0 Å². The van der Waals surface area contributed by atoms with Gasteiger partial charge >= 0.3 is 11.9 Å². The lowest BCUT2D eigenvalue weighted by molar-refractivity contribution is -0.177. The lowest BCUT2D eigenvalue weighted by Gasteiger charge is -2.46. The minimum absolute atomic E-state index is 0.339. The summed E-state index contributed by atoms with van der Waals surface area (Å²) >= 11 is 0. The summed E-state index contributed by atoms with van der Waals surface area (Å²) in [6.07, 6.45) is 17.5. The maximum Gasteiger partial charge on any atom is 0.311 e. The molecule has 0 bridgehead atoms. The molecule has 0 saturated heterocycles. The molecule has 0 aliphatic heterocycles. The van der Waals surface area contributed by atoms with Crippen LogP contribution >= 0.6 is 0 Å². The molecule has 0 aromatic rings. The van der Waals surface area contributed by atoms with Crippen molar-refractivity contribution in [3.63, 3.8) is 0 Å². The van der Waals surface area contributed by atoms with Crippen molar-refractivity contribution in [3.05, 3.63) is 12.2 Å². The molecule has 1 aliphatic rings. The van der Waals surface area contributed by atoms with E-state index in [4.69, 9.17) is 0 Å². The first kappa shape index (κ1) is 23.7. The van der Waals surface area contributed by atoms with E-state index in [0.717, 1.165) is 32.1 Å². The largest absolute Gasteiger partial charge is 0.481 e. The molecule has 0 heterocycles. The summed E-state index contributed by atoms with van der Waals surface area (Å²) in [6.45, 7) is 4.24. The van der Waals surface area contributed by atoms with Gasteiger partial charge in [0, 0.05) is 0 Å². The molecule has 1 aliphatic carbocycles. The quantitative estimate of drug-likeness (QED) is 0.248. The smallest absolute Gasteiger partial charge is 0.311 e. The van der Waals surface area contributed by atoms with Crippen LogP contribution in [-0.4, -0.2) is 22.2 Å². The predicted molar refractivity (Wildman–Crippen MR) is 110 cm³/mol. The first-order valence-electron chi connectivity index (χ1n) is 11.1. The Morgan fingerprint density at radius 1 is 0.667 bits per heavy atom. The van der Waals surface area contributed by atoms with Gasteiger partial charge < -0.3 is 10.2 Å². The fourth-order valence-corrected chi connectivity index (χ4v) is 4.66. The molecule has 0 aromatic heterocycles. The molecule has 0 radical (unpaired) electrons. The van der Waals surface area contributed by atoms with Crippen molar-refractivity contribution >= 4 is 11.9 Å². The van der Waals surface area contributed by atoms with Gasteiger partial charge in [-0.3, -0.25) is 9.59 Å². The van der Waals surface area contributed by atoms with Crippen molar-refractivity contribution < 1.29 is 19.8 Å². The van der Waals surface area contributed by atoms with Gasteiger partial charge in [0.15, 0.2) is 0 Å². The second-order valence-corrected chi connectivity index (χ2v) is 8.34. The van der Waals surface area contributed by atoms with Gasteiger partial charge in [0.25, 0.3) is 0 Å². The number of aliphatic carboxylic acids is 2. The van der Waals surface area contributed by atoms with Gasteiger partial charge in [0.05, 0.1) is 10.8 Å². The number of allylic oxidation sites excluding steroid dienone is 2. The number of rotatable bonds is 15. The minimum Gasteiger partial charge on any atom is -0.481 e. The Morgan fingerprint density at radius 2 is 1.04 bits per heavy atom. The molecule has 0 fully saturated rings. The highest BCUT2D eigenvalue weighted by Gasteiger charge is 2.60. The standard InChI is InChI=1S/C23H40O4/c1-3-5-7-8-9-10-11-12-13-17-23(21(26)27)19-15-14-18-22(23,20(24)25)16-6-4-2/h14-15H,3-13,16-19H2,1-2H3,(H,24,25)(H,26,27). The molecule has 156 valence electrons. The highest BCUT2D eigenvalue weighted by Crippen LogP contribution is 2.55. The lowest BCUT2D eigenvalue weighted by Crippen LogP contribution is -2.53. The molecule has 27 heavy (non-hydrogen) atoms. The van der Waals surface area contributed by atoms with Crippen LogP contribution in [-0.2, 0) is 9.59 Å². The SMILES string of the molecule is CCCCCCCCCCCC1(C(=O)O)CC=CCC1(CCCC)C(=O)O. The van der Waals surface area contributed by atoms with E-state index in [1.807, 2.05) is 19.1 Å². The Kier molecular flexibility index (Phi) is 10.7. The van der Waals surface area contributed by atoms with E-state index in [9.17, 15) is 19.8 Å². The van der Waals surface area contributed by atoms with Gasteiger partial charge in [-0.1, -0.05) is 96.6 Å². The van der Waals surface area contributed by atoms with E-state index < -0.39 is 22.8 Å². The van der Waals surface area contributed by atoms with E-state index in [1.54, 1.807) is 0 Å². The summed E-state index contributed by atoms with van der Waals surface area (Å²) in [5, 5.41) is 20.1. The van der Waals surface area contributed by atoms with Crippen LogP contribution in [0.3, 0.4) is 0 Å². The van der Waals surface area contributed by atoms with Gasteiger partial charge in [-0.2, -0.15) is 0 Å². The third-order valence-corrected chi connectivity index (χ3v) is 6.50.